The lowest BCUT2D eigenvalue weighted by molar-refractivity contribution is -0.143. The molecule has 28 heavy (non-hydrogen) atoms. The van der Waals surface area contributed by atoms with Crippen molar-refractivity contribution >= 4 is 23.2 Å². The first-order chi connectivity index (χ1) is 13.5. The molecular weight excluding hydrogens is 372 g/mol. The highest BCUT2D eigenvalue weighted by molar-refractivity contribution is 7.08. The number of likely N-dealkylation sites (tertiary alicyclic amines) is 2. The predicted molar refractivity (Wildman–Crippen MR) is 108 cm³/mol. The van der Waals surface area contributed by atoms with Crippen LogP contribution in [0.2, 0.25) is 0 Å². The standard InChI is InChI=1S/C21H26N4O2S/c1-16-11-23-18(12-22-16)13-25-15-21(4-2-19(25)26)5-7-24(8-6-21)20(27)10-17-3-9-28-14-17/h3,9,11-12,14H,2,4-8,10,13,15H2,1H3. The molecule has 2 aromatic heterocycles. The number of hydrogen-bond donors (Lipinski definition) is 0. The molecule has 6 nitrogen and oxygen atoms in total. The van der Waals surface area contributed by atoms with E-state index in [9.17, 15) is 9.59 Å². The Kier molecular flexibility index (Phi) is 5.44. The quantitative estimate of drug-likeness (QED) is 0.794. The Bertz CT molecular complexity index is 827. The molecule has 148 valence electrons. The average molecular weight is 399 g/mol. The number of aryl methyl sites for hydroxylation is 1. The van der Waals surface area contributed by atoms with Crippen molar-refractivity contribution in [3.63, 3.8) is 0 Å². The van der Waals surface area contributed by atoms with Crippen molar-refractivity contribution in [3.8, 4) is 0 Å². The van der Waals surface area contributed by atoms with Crippen LogP contribution in [-0.2, 0) is 22.6 Å². The number of aromatic nitrogens is 2. The predicted octanol–water partition coefficient (Wildman–Crippen LogP) is 2.82. The van der Waals surface area contributed by atoms with Gasteiger partial charge in [0.05, 0.1) is 30.6 Å². The molecule has 2 fully saturated rings. The fourth-order valence-corrected chi connectivity index (χ4v) is 4.93. The number of nitrogens with zero attached hydrogens (tertiary/aromatic N) is 4. The minimum atomic E-state index is 0.130. The third kappa shape index (κ3) is 4.24. The van der Waals surface area contributed by atoms with E-state index in [0.29, 0.717) is 19.4 Å². The zero-order chi connectivity index (χ0) is 19.6. The number of carbonyl (C=O) groups excluding carboxylic acids is 2. The lowest BCUT2D eigenvalue weighted by atomic mass is 9.72. The Hall–Kier alpha value is -2.28. The molecule has 0 N–H and O–H groups in total. The Balaban J connectivity index is 1.35. The van der Waals surface area contributed by atoms with Crippen molar-refractivity contribution in [2.45, 2.75) is 45.6 Å². The largest absolute Gasteiger partial charge is 0.342 e. The van der Waals surface area contributed by atoms with E-state index in [1.807, 2.05) is 33.6 Å². The highest BCUT2D eigenvalue weighted by Gasteiger charge is 2.41. The molecular formula is C21H26N4O2S. The zero-order valence-electron chi connectivity index (χ0n) is 16.3. The monoisotopic (exact) mass is 398 g/mol. The summed E-state index contributed by atoms with van der Waals surface area (Å²) in [6.45, 7) is 4.76. The molecule has 4 rings (SSSR count). The van der Waals surface area contributed by atoms with Gasteiger partial charge in [0, 0.05) is 32.3 Å². The normalized spacial score (nSPS) is 19.2. The third-order valence-electron chi connectivity index (χ3n) is 6.05. The molecule has 0 unspecified atom stereocenters. The lowest BCUT2D eigenvalue weighted by Gasteiger charge is -2.47. The van der Waals surface area contributed by atoms with Crippen LogP contribution >= 0.6 is 11.3 Å². The smallest absolute Gasteiger partial charge is 0.227 e. The molecule has 2 aliphatic rings. The number of carbonyl (C=O) groups is 2. The van der Waals surface area contributed by atoms with Crippen molar-refractivity contribution in [3.05, 3.63) is 46.2 Å². The maximum Gasteiger partial charge on any atom is 0.227 e. The molecule has 0 bridgehead atoms. The molecule has 4 heterocycles. The van der Waals surface area contributed by atoms with Gasteiger partial charge in [0.1, 0.15) is 0 Å². The van der Waals surface area contributed by atoms with Gasteiger partial charge in [-0.2, -0.15) is 11.3 Å². The Labute approximate surface area is 169 Å². The minimum absolute atomic E-state index is 0.130. The van der Waals surface area contributed by atoms with Crippen LogP contribution in [0.15, 0.2) is 29.2 Å². The molecule has 0 radical (unpaired) electrons. The van der Waals surface area contributed by atoms with Gasteiger partial charge in [-0.05, 0) is 54.0 Å². The maximum atomic E-state index is 12.6. The Morgan fingerprint density at radius 2 is 2.04 bits per heavy atom. The fourth-order valence-electron chi connectivity index (χ4n) is 4.26. The van der Waals surface area contributed by atoms with E-state index >= 15 is 0 Å². The summed E-state index contributed by atoms with van der Waals surface area (Å²) in [6, 6.07) is 2.02. The van der Waals surface area contributed by atoms with Crippen LogP contribution < -0.4 is 0 Å². The summed E-state index contributed by atoms with van der Waals surface area (Å²) in [5.41, 5.74) is 2.94. The molecule has 2 aliphatic heterocycles. The fraction of sp³-hybridized carbons (Fsp3) is 0.524. The molecule has 2 aromatic rings. The molecule has 0 atom stereocenters. The first-order valence-electron chi connectivity index (χ1n) is 9.87. The Morgan fingerprint density at radius 3 is 2.71 bits per heavy atom. The summed E-state index contributed by atoms with van der Waals surface area (Å²) in [6.07, 6.45) is 7.44. The highest BCUT2D eigenvalue weighted by atomic mass is 32.1. The number of piperidine rings is 2. The molecule has 2 saturated heterocycles. The van der Waals surface area contributed by atoms with Crippen LogP contribution in [0.1, 0.15) is 42.6 Å². The van der Waals surface area contributed by atoms with Crippen LogP contribution in [0.4, 0.5) is 0 Å². The van der Waals surface area contributed by atoms with Crippen molar-refractivity contribution in [2.75, 3.05) is 19.6 Å². The zero-order valence-corrected chi connectivity index (χ0v) is 17.1. The molecule has 0 aliphatic carbocycles. The summed E-state index contributed by atoms with van der Waals surface area (Å²) < 4.78 is 0. The molecule has 0 aromatic carbocycles. The van der Waals surface area contributed by atoms with Gasteiger partial charge in [-0.1, -0.05) is 0 Å². The second-order valence-electron chi connectivity index (χ2n) is 8.09. The van der Waals surface area contributed by atoms with Gasteiger partial charge in [-0.15, -0.1) is 0 Å². The first-order valence-corrected chi connectivity index (χ1v) is 10.8. The van der Waals surface area contributed by atoms with Gasteiger partial charge >= 0.3 is 0 Å². The Morgan fingerprint density at radius 1 is 1.21 bits per heavy atom. The van der Waals surface area contributed by atoms with Crippen molar-refractivity contribution in [1.29, 1.82) is 0 Å². The van der Waals surface area contributed by atoms with Crippen LogP contribution in [0, 0.1) is 12.3 Å². The van der Waals surface area contributed by atoms with Crippen LogP contribution in [0.5, 0.6) is 0 Å². The van der Waals surface area contributed by atoms with Crippen LogP contribution in [0.25, 0.3) is 0 Å². The SMILES string of the molecule is Cc1cnc(CN2CC3(CCC2=O)CCN(C(=O)Cc2ccsc2)CC3)cn1. The van der Waals surface area contributed by atoms with E-state index in [1.165, 1.54) is 0 Å². The maximum absolute atomic E-state index is 12.6. The lowest BCUT2D eigenvalue weighted by Crippen LogP contribution is -2.52. The van der Waals surface area contributed by atoms with Crippen molar-refractivity contribution in [1.82, 2.24) is 19.8 Å². The summed E-state index contributed by atoms with van der Waals surface area (Å²) in [4.78, 5) is 37.7. The average Bonchev–Trinajstić information content (AvgIpc) is 3.20. The van der Waals surface area contributed by atoms with Gasteiger partial charge in [0.15, 0.2) is 0 Å². The van der Waals surface area contributed by atoms with E-state index in [0.717, 1.165) is 55.8 Å². The third-order valence-corrected chi connectivity index (χ3v) is 6.78. The molecule has 2 amide bonds. The highest BCUT2D eigenvalue weighted by Crippen LogP contribution is 2.40. The van der Waals surface area contributed by atoms with E-state index < -0.39 is 0 Å². The first kappa shape index (κ1) is 19.1. The van der Waals surface area contributed by atoms with E-state index in [4.69, 9.17) is 0 Å². The van der Waals surface area contributed by atoms with Gasteiger partial charge in [-0.3, -0.25) is 19.6 Å². The van der Waals surface area contributed by atoms with Gasteiger partial charge in [0.25, 0.3) is 0 Å². The topological polar surface area (TPSA) is 66.4 Å². The summed E-state index contributed by atoms with van der Waals surface area (Å²) in [5, 5.41) is 4.06. The molecule has 0 saturated carbocycles. The van der Waals surface area contributed by atoms with Crippen molar-refractivity contribution < 1.29 is 9.59 Å². The number of hydrogen-bond acceptors (Lipinski definition) is 5. The molecule has 7 heteroatoms. The van der Waals surface area contributed by atoms with E-state index in [2.05, 4.69) is 9.97 Å². The molecule has 1 spiro atoms. The van der Waals surface area contributed by atoms with Gasteiger partial charge in [-0.25, -0.2) is 0 Å². The van der Waals surface area contributed by atoms with Gasteiger partial charge in [0.2, 0.25) is 11.8 Å². The second-order valence-corrected chi connectivity index (χ2v) is 8.87. The summed E-state index contributed by atoms with van der Waals surface area (Å²) >= 11 is 1.63. The number of amides is 2. The number of thiophene rings is 1. The minimum Gasteiger partial charge on any atom is -0.342 e. The van der Waals surface area contributed by atoms with Crippen LogP contribution in [-0.4, -0.2) is 51.2 Å². The van der Waals surface area contributed by atoms with Gasteiger partial charge < -0.3 is 9.80 Å². The summed E-state index contributed by atoms with van der Waals surface area (Å²) in [5.74, 6) is 0.413. The number of rotatable bonds is 4. The second kappa shape index (κ2) is 7.99. The van der Waals surface area contributed by atoms with E-state index in [-0.39, 0.29) is 17.2 Å². The summed E-state index contributed by atoms with van der Waals surface area (Å²) in [7, 11) is 0. The van der Waals surface area contributed by atoms with Crippen molar-refractivity contribution in [2.24, 2.45) is 5.41 Å². The van der Waals surface area contributed by atoms with E-state index in [1.54, 1.807) is 23.7 Å². The van der Waals surface area contributed by atoms with Crippen LogP contribution in [0.3, 0.4) is 0 Å².